The highest BCUT2D eigenvalue weighted by molar-refractivity contribution is 6.30. The summed E-state index contributed by atoms with van der Waals surface area (Å²) in [5.41, 5.74) is 2.21. The van der Waals surface area contributed by atoms with Crippen LogP contribution in [0.25, 0.3) is 11.7 Å². The summed E-state index contributed by atoms with van der Waals surface area (Å²) in [5, 5.41) is 16.2. The molecule has 10 nitrogen and oxygen atoms in total. The van der Waals surface area contributed by atoms with Crippen LogP contribution in [0.1, 0.15) is 24.0 Å². The van der Waals surface area contributed by atoms with Gasteiger partial charge in [-0.15, -0.1) is 0 Å². The zero-order valence-corrected chi connectivity index (χ0v) is 16.4. The number of carbonyl (C=O) groups is 2. The number of nitrogens with zero attached hydrogens (tertiary/aromatic N) is 4. The lowest BCUT2D eigenvalue weighted by atomic mass is 10.2. The van der Waals surface area contributed by atoms with Crippen LogP contribution in [-0.2, 0) is 11.3 Å². The first-order valence-corrected chi connectivity index (χ1v) is 9.77. The first-order chi connectivity index (χ1) is 14.5. The Balaban J connectivity index is 1.50. The second-order valence-electron chi connectivity index (χ2n) is 7.07. The summed E-state index contributed by atoms with van der Waals surface area (Å²) in [6.07, 6.45) is 5.26. The molecule has 1 saturated heterocycles. The molecule has 1 saturated carbocycles. The van der Waals surface area contributed by atoms with E-state index in [1.807, 2.05) is 24.3 Å². The number of fused-ring (bicyclic) bond motifs is 1. The smallest absolute Gasteiger partial charge is 0.326 e. The maximum Gasteiger partial charge on any atom is 0.326 e. The standard InChI is InChI=1S/C19H17ClN8O2/c20-12-3-1-2-10(6-12)8-21-17-25-15-11(7-14-16(29)26-19(30)24-14)9-22-28(15)18(27-17)23-13-4-5-13/h1-3,6-7,9,13H,4-5,8H2,(H2,21,23,25,27)(H2,24,26,29,30)/b14-7-. The van der Waals surface area contributed by atoms with Crippen molar-refractivity contribution in [3.63, 3.8) is 0 Å². The number of hydrogen-bond donors (Lipinski definition) is 4. The average Bonchev–Trinajstić information content (AvgIpc) is 3.35. The Kier molecular flexibility index (Phi) is 4.47. The Morgan fingerprint density at radius 1 is 1.23 bits per heavy atom. The second-order valence-corrected chi connectivity index (χ2v) is 7.51. The number of carbonyl (C=O) groups excluding carboxylic acids is 2. The molecule has 2 aromatic heterocycles. The minimum Gasteiger partial charge on any atom is -0.351 e. The van der Waals surface area contributed by atoms with Crippen LogP contribution in [-0.4, -0.2) is 37.6 Å². The van der Waals surface area contributed by atoms with E-state index in [9.17, 15) is 9.59 Å². The van der Waals surface area contributed by atoms with Gasteiger partial charge in [0.15, 0.2) is 5.65 Å². The molecule has 11 heteroatoms. The van der Waals surface area contributed by atoms with E-state index in [2.05, 4.69) is 36.3 Å². The highest BCUT2D eigenvalue weighted by atomic mass is 35.5. The first-order valence-electron chi connectivity index (χ1n) is 9.40. The molecule has 152 valence electrons. The number of benzene rings is 1. The molecule has 0 atom stereocenters. The molecule has 1 aliphatic carbocycles. The highest BCUT2D eigenvalue weighted by Crippen LogP contribution is 2.26. The van der Waals surface area contributed by atoms with Crippen LogP contribution in [0.3, 0.4) is 0 Å². The van der Waals surface area contributed by atoms with Gasteiger partial charge in [0.05, 0.1) is 6.20 Å². The number of amides is 3. The molecule has 3 aromatic rings. The summed E-state index contributed by atoms with van der Waals surface area (Å²) < 4.78 is 1.59. The average molecular weight is 425 g/mol. The largest absolute Gasteiger partial charge is 0.351 e. The van der Waals surface area contributed by atoms with Crippen molar-refractivity contribution in [3.05, 3.63) is 52.3 Å². The fraction of sp³-hybridized carbons (Fsp3) is 0.211. The molecule has 0 bridgehead atoms. The van der Waals surface area contributed by atoms with Crippen LogP contribution in [0.5, 0.6) is 0 Å². The van der Waals surface area contributed by atoms with Crippen molar-refractivity contribution < 1.29 is 9.59 Å². The molecule has 5 rings (SSSR count). The van der Waals surface area contributed by atoms with Crippen molar-refractivity contribution in [2.24, 2.45) is 0 Å². The molecular weight excluding hydrogens is 408 g/mol. The number of imide groups is 1. The van der Waals surface area contributed by atoms with Crippen LogP contribution >= 0.6 is 11.6 Å². The van der Waals surface area contributed by atoms with Crippen molar-refractivity contribution in [1.29, 1.82) is 0 Å². The van der Waals surface area contributed by atoms with Crippen LogP contribution in [0.4, 0.5) is 16.7 Å². The van der Waals surface area contributed by atoms with Gasteiger partial charge in [-0.25, -0.2) is 4.79 Å². The summed E-state index contributed by atoms with van der Waals surface area (Å²) in [4.78, 5) is 32.4. The predicted octanol–water partition coefficient (Wildman–Crippen LogP) is 2.14. The van der Waals surface area contributed by atoms with Crippen molar-refractivity contribution >= 4 is 47.2 Å². The zero-order valence-electron chi connectivity index (χ0n) is 15.6. The van der Waals surface area contributed by atoms with E-state index in [0.717, 1.165) is 18.4 Å². The van der Waals surface area contributed by atoms with Gasteiger partial charge in [0.25, 0.3) is 5.91 Å². The lowest BCUT2D eigenvalue weighted by Crippen LogP contribution is -2.22. The molecule has 0 radical (unpaired) electrons. The van der Waals surface area contributed by atoms with Gasteiger partial charge in [-0.3, -0.25) is 10.1 Å². The molecule has 0 unspecified atom stereocenters. The van der Waals surface area contributed by atoms with Gasteiger partial charge in [0.1, 0.15) is 5.70 Å². The van der Waals surface area contributed by atoms with E-state index in [1.165, 1.54) is 6.08 Å². The van der Waals surface area contributed by atoms with Crippen molar-refractivity contribution in [2.75, 3.05) is 10.6 Å². The van der Waals surface area contributed by atoms with Gasteiger partial charge < -0.3 is 16.0 Å². The monoisotopic (exact) mass is 424 g/mol. The van der Waals surface area contributed by atoms with Gasteiger partial charge in [-0.1, -0.05) is 23.7 Å². The number of urea groups is 1. The minimum absolute atomic E-state index is 0.138. The van der Waals surface area contributed by atoms with E-state index in [4.69, 9.17) is 11.6 Å². The topological polar surface area (TPSA) is 125 Å². The lowest BCUT2D eigenvalue weighted by molar-refractivity contribution is -0.115. The Hall–Kier alpha value is -3.66. The molecule has 1 aromatic carbocycles. The molecule has 3 heterocycles. The van der Waals surface area contributed by atoms with Crippen molar-refractivity contribution in [2.45, 2.75) is 25.4 Å². The summed E-state index contributed by atoms with van der Waals surface area (Å²) in [6, 6.07) is 7.32. The maximum absolute atomic E-state index is 11.9. The molecule has 2 fully saturated rings. The SMILES string of the molecule is O=C1NC(=O)/C(=C/c2cnn3c(NC4CC4)nc(NCc4cccc(Cl)c4)nc23)N1. The number of anilines is 2. The number of nitrogens with one attached hydrogen (secondary N) is 4. The van der Waals surface area contributed by atoms with E-state index in [-0.39, 0.29) is 5.70 Å². The molecule has 30 heavy (non-hydrogen) atoms. The van der Waals surface area contributed by atoms with E-state index >= 15 is 0 Å². The lowest BCUT2D eigenvalue weighted by Gasteiger charge is -2.10. The third-order valence-electron chi connectivity index (χ3n) is 4.67. The number of aromatic nitrogens is 4. The molecule has 2 aliphatic rings. The fourth-order valence-electron chi connectivity index (χ4n) is 3.05. The van der Waals surface area contributed by atoms with Gasteiger partial charge in [-0.2, -0.15) is 19.6 Å². The second kappa shape index (κ2) is 7.30. The maximum atomic E-state index is 11.9. The van der Waals surface area contributed by atoms with E-state index in [1.54, 1.807) is 10.7 Å². The molecule has 3 amide bonds. The molecule has 1 aliphatic heterocycles. The Morgan fingerprint density at radius 2 is 2.10 bits per heavy atom. The Morgan fingerprint density at radius 3 is 2.83 bits per heavy atom. The summed E-state index contributed by atoms with van der Waals surface area (Å²) in [6.45, 7) is 0.489. The summed E-state index contributed by atoms with van der Waals surface area (Å²) in [7, 11) is 0. The number of halogens is 1. The van der Waals surface area contributed by atoms with Crippen LogP contribution in [0.15, 0.2) is 36.2 Å². The van der Waals surface area contributed by atoms with Gasteiger partial charge in [0, 0.05) is 23.2 Å². The first kappa shape index (κ1) is 18.4. The van der Waals surface area contributed by atoms with Crippen LogP contribution < -0.4 is 21.3 Å². The Bertz CT molecular complexity index is 1200. The summed E-state index contributed by atoms with van der Waals surface area (Å²) >= 11 is 6.05. The minimum atomic E-state index is -0.558. The number of hydrogen-bond acceptors (Lipinski definition) is 7. The fourth-order valence-corrected chi connectivity index (χ4v) is 3.26. The zero-order chi connectivity index (χ0) is 20.7. The molecular formula is C19H17ClN8O2. The predicted molar refractivity (Wildman–Crippen MR) is 111 cm³/mol. The van der Waals surface area contributed by atoms with E-state index < -0.39 is 11.9 Å². The quantitative estimate of drug-likeness (QED) is 0.353. The third-order valence-corrected chi connectivity index (χ3v) is 4.90. The summed E-state index contributed by atoms with van der Waals surface area (Å²) in [5.74, 6) is 0.468. The van der Waals surface area contributed by atoms with Crippen LogP contribution in [0, 0.1) is 0 Å². The van der Waals surface area contributed by atoms with E-state index in [0.29, 0.717) is 40.7 Å². The van der Waals surface area contributed by atoms with Crippen molar-refractivity contribution in [1.82, 2.24) is 30.2 Å². The number of rotatable bonds is 6. The highest BCUT2D eigenvalue weighted by Gasteiger charge is 2.25. The molecule has 4 N–H and O–H groups in total. The third kappa shape index (κ3) is 3.77. The van der Waals surface area contributed by atoms with Crippen LogP contribution in [0.2, 0.25) is 5.02 Å². The van der Waals surface area contributed by atoms with Gasteiger partial charge >= 0.3 is 6.03 Å². The normalized spacial score (nSPS) is 17.3. The van der Waals surface area contributed by atoms with Gasteiger partial charge in [-0.05, 0) is 36.6 Å². The molecule has 0 spiro atoms. The van der Waals surface area contributed by atoms with Crippen molar-refractivity contribution in [3.8, 4) is 0 Å². The van der Waals surface area contributed by atoms with Gasteiger partial charge in [0.2, 0.25) is 11.9 Å². The Labute approximate surface area is 175 Å².